The summed E-state index contributed by atoms with van der Waals surface area (Å²) in [7, 11) is 0. The number of aliphatic hydroxyl groups excluding tert-OH is 1. The highest BCUT2D eigenvalue weighted by molar-refractivity contribution is 6.30. The van der Waals surface area contributed by atoms with E-state index in [1.165, 1.54) is 0 Å². The van der Waals surface area contributed by atoms with Crippen LogP contribution < -0.4 is 0 Å². The summed E-state index contributed by atoms with van der Waals surface area (Å²) in [5, 5.41) is 11.0. The smallest absolute Gasteiger partial charge is 0.196 e. The van der Waals surface area contributed by atoms with Gasteiger partial charge in [0.25, 0.3) is 0 Å². The third-order valence-electron chi connectivity index (χ3n) is 3.69. The summed E-state index contributed by atoms with van der Waals surface area (Å²) in [4.78, 5) is 12.7. The number of hydrogen-bond acceptors (Lipinski definition) is 2. The molecule has 3 aromatic rings. The summed E-state index contributed by atoms with van der Waals surface area (Å²) in [6, 6.07) is 23.5. The van der Waals surface area contributed by atoms with Crippen molar-refractivity contribution >= 4 is 17.4 Å². The van der Waals surface area contributed by atoms with Gasteiger partial charge in [0, 0.05) is 10.6 Å². The molecule has 0 bridgehead atoms. The molecular weight excluding hydrogens is 308 g/mol. The van der Waals surface area contributed by atoms with Crippen LogP contribution in [0.1, 0.15) is 22.0 Å². The number of Topliss-reactive ketones (excluding diaryl/α,β-unsaturated/α-hetero) is 1. The Morgan fingerprint density at radius 2 is 1.57 bits per heavy atom. The zero-order chi connectivity index (χ0) is 16.2. The van der Waals surface area contributed by atoms with Crippen molar-refractivity contribution in [1.82, 2.24) is 0 Å². The van der Waals surface area contributed by atoms with Crippen molar-refractivity contribution in [1.29, 1.82) is 0 Å². The maximum atomic E-state index is 12.7. The Balaban J connectivity index is 2.02. The minimum atomic E-state index is -1.18. The molecule has 0 aliphatic carbocycles. The summed E-state index contributed by atoms with van der Waals surface area (Å²) in [5.41, 5.74) is 2.67. The van der Waals surface area contributed by atoms with Crippen LogP contribution in [0, 0.1) is 0 Å². The van der Waals surface area contributed by atoms with E-state index in [1.54, 1.807) is 42.5 Å². The Bertz CT molecular complexity index is 828. The highest BCUT2D eigenvalue weighted by Gasteiger charge is 2.21. The van der Waals surface area contributed by atoms with Crippen LogP contribution in [0.5, 0.6) is 0 Å². The van der Waals surface area contributed by atoms with Crippen LogP contribution in [-0.2, 0) is 0 Å². The molecule has 0 fully saturated rings. The molecule has 0 amide bonds. The van der Waals surface area contributed by atoms with Gasteiger partial charge in [0.15, 0.2) is 5.78 Å². The molecule has 3 heteroatoms. The SMILES string of the molecule is O=C(c1ccccc1-c1cccc(Cl)c1)C(O)c1ccccc1. The lowest BCUT2D eigenvalue weighted by Gasteiger charge is -2.14. The fourth-order valence-corrected chi connectivity index (χ4v) is 2.73. The molecule has 0 radical (unpaired) electrons. The molecule has 0 aromatic heterocycles. The molecular formula is C20H15ClO2. The summed E-state index contributed by atoms with van der Waals surface area (Å²) in [6.07, 6.45) is -1.18. The number of benzene rings is 3. The first kappa shape index (κ1) is 15.5. The quantitative estimate of drug-likeness (QED) is 0.692. The van der Waals surface area contributed by atoms with Crippen LogP contribution in [-0.4, -0.2) is 10.9 Å². The van der Waals surface area contributed by atoms with Gasteiger partial charge in [-0.2, -0.15) is 0 Å². The summed E-state index contributed by atoms with van der Waals surface area (Å²) in [5.74, 6) is -0.327. The third-order valence-corrected chi connectivity index (χ3v) is 3.93. The van der Waals surface area contributed by atoms with Crippen molar-refractivity contribution in [3.63, 3.8) is 0 Å². The molecule has 0 aliphatic rings. The second-order valence-corrected chi connectivity index (χ2v) is 5.67. The first-order valence-corrected chi connectivity index (χ1v) is 7.67. The first-order chi connectivity index (χ1) is 11.2. The number of ketones is 1. The predicted octanol–water partition coefficient (Wildman–Crippen LogP) is 4.92. The molecule has 0 spiro atoms. The molecule has 2 nitrogen and oxygen atoms in total. The number of carbonyl (C=O) groups excluding carboxylic acids is 1. The van der Waals surface area contributed by atoms with Gasteiger partial charge in [-0.25, -0.2) is 0 Å². The van der Waals surface area contributed by atoms with Gasteiger partial charge in [0.05, 0.1) is 0 Å². The topological polar surface area (TPSA) is 37.3 Å². The molecule has 114 valence electrons. The second-order valence-electron chi connectivity index (χ2n) is 5.23. The summed E-state index contributed by atoms with van der Waals surface area (Å²) in [6.45, 7) is 0. The van der Waals surface area contributed by atoms with E-state index in [-0.39, 0.29) is 5.78 Å². The lowest BCUT2D eigenvalue weighted by Crippen LogP contribution is -2.13. The maximum Gasteiger partial charge on any atom is 0.196 e. The van der Waals surface area contributed by atoms with Crippen molar-refractivity contribution in [3.05, 3.63) is 95.0 Å². The molecule has 1 unspecified atom stereocenters. The predicted molar refractivity (Wildman–Crippen MR) is 92.6 cm³/mol. The highest BCUT2D eigenvalue weighted by atomic mass is 35.5. The van der Waals surface area contributed by atoms with Crippen LogP contribution in [0.4, 0.5) is 0 Å². The molecule has 3 aromatic carbocycles. The number of hydrogen-bond donors (Lipinski definition) is 1. The van der Waals surface area contributed by atoms with E-state index in [1.807, 2.05) is 36.4 Å². The molecule has 0 heterocycles. The first-order valence-electron chi connectivity index (χ1n) is 7.29. The summed E-state index contributed by atoms with van der Waals surface area (Å²) >= 11 is 6.05. The zero-order valence-electron chi connectivity index (χ0n) is 12.3. The lowest BCUT2D eigenvalue weighted by atomic mass is 9.93. The monoisotopic (exact) mass is 322 g/mol. The van der Waals surface area contributed by atoms with Crippen molar-refractivity contribution in [3.8, 4) is 11.1 Å². The number of aliphatic hydroxyl groups is 1. The molecule has 23 heavy (non-hydrogen) atoms. The van der Waals surface area contributed by atoms with Crippen LogP contribution >= 0.6 is 11.6 Å². The van der Waals surface area contributed by atoms with E-state index in [0.717, 1.165) is 11.1 Å². The summed E-state index contributed by atoms with van der Waals surface area (Å²) < 4.78 is 0. The molecule has 1 atom stereocenters. The van der Waals surface area contributed by atoms with Crippen molar-refractivity contribution in [2.24, 2.45) is 0 Å². The highest BCUT2D eigenvalue weighted by Crippen LogP contribution is 2.29. The van der Waals surface area contributed by atoms with Crippen molar-refractivity contribution < 1.29 is 9.90 Å². The average Bonchev–Trinajstić information content (AvgIpc) is 2.61. The molecule has 3 rings (SSSR count). The number of rotatable bonds is 4. The second kappa shape index (κ2) is 6.78. The van der Waals surface area contributed by atoms with Crippen LogP contribution in [0.15, 0.2) is 78.9 Å². The molecule has 0 saturated heterocycles. The zero-order valence-corrected chi connectivity index (χ0v) is 13.1. The van der Waals surface area contributed by atoms with E-state index in [9.17, 15) is 9.90 Å². The Labute approximate surface area is 140 Å². The van der Waals surface area contributed by atoms with Gasteiger partial charge < -0.3 is 5.11 Å². The standard InChI is InChI=1S/C20H15ClO2/c21-16-10-6-9-15(13-16)17-11-4-5-12-18(17)20(23)19(22)14-7-2-1-3-8-14/h1-13,19,22H. The Hall–Kier alpha value is -2.42. The lowest BCUT2D eigenvalue weighted by molar-refractivity contribution is 0.0748. The molecule has 0 aliphatic heterocycles. The van der Waals surface area contributed by atoms with Gasteiger partial charge in [-0.15, -0.1) is 0 Å². The number of carbonyl (C=O) groups is 1. The fourth-order valence-electron chi connectivity index (χ4n) is 2.54. The normalized spacial score (nSPS) is 11.9. The van der Waals surface area contributed by atoms with E-state index in [0.29, 0.717) is 16.1 Å². The van der Waals surface area contributed by atoms with Crippen molar-refractivity contribution in [2.75, 3.05) is 0 Å². The number of halogens is 1. The van der Waals surface area contributed by atoms with Gasteiger partial charge in [-0.3, -0.25) is 4.79 Å². The fraction of sp³-hybridized carbons (Fsp3) is 0.0500. The average molecular weight is 323 g/mol. The van der Waals surface area contributed by atoms with Crippen LogP contribution in [0.2, 0.25) is 5.02 Å². The molecule has 1 N–H and O–H groups in total. The van der Waals surface area contributed by atoms with Gasteiger partial charge in [0.2, 0.25) is 0 Å². The van der Waals surface area contributed by atoms with Gasteiger partial charge in [-0.1, -0.05) is 78.3 Å². The van der Waals surface area contributed by atoms with Crippen LogP contribution in [0.25, 0.3) is 11.1 Å². The van der Waals surface area contributed by atoms with E-state index in [2.05, 4.69) is 0 Å². The Kier molecular flexibility index (Phi) is 4.56. The maximum absolute atomic E-state index is 12.7. The van der Waals surface area contributed by atoms with E-state index >= 15 is 0 Å². The minimum absolute atomic E-state index is 0.327. The largest absolute Gasteiger partial charge is 0.380 e. The van der Waals surface area contributed by atoms with Crippen LogP contribution in [0.3, 0.4) is 0 Å². The Morgan fingerprint density at radius 1 is 0.870 bits per heavy atom. The van der Waals surface area contributed by atoms with Gasteiger partial charge >= 0.3 is 0 Å². The van der Waals surface area contributed by atoms with E-state index in [4.69, 9.17) is 11.6 Å². The third kappa shape index (κ3) is 3.34. The van der Waals surface area contributed by atoms with Gasteiger partial charge in [0.1, 0.15) is 6.10 Å². The minimum Gasteiger partial charge on any atom is -0.380 e. The van der Waals surface area contributed by atoms with Gasteiger partial charge in [-0.05, 0) is 28.8 Å². The van der Waals surface area contributed by atoms with Crippen molar-refractivity contribution in [2.45, 2.75) is 6.10 Å². The molecule has 0 saturated carbocycles. The van der Waals surface area contributed by atoms with E-state index < -0.39 is 6.10 Å². The Morgan fingerprint density at radius 3 is 2.30 bits per heavy atom.